The number of rotatable bonds is 9. The van der Waals surface area contributed by atoms with Crippen LogP contribution < -0.4 is 10.2 Å². The quantitative estimate of drug-likeness (QED) is 0.481. The van der Waals surface area contributed by atoms with Gasteiger partial charge in [-0.1, -0.05) is 48.5 Å². The van der Waals surface area contributed by atoms with Crippen molar-refractivity contribution in [2.24, 2.45) is 0 Å². The fourth-order valence-electron chi connectivity index (χ4n) is 3.68. The lowest BCUT2D eigenvalue weighted by Crippen LogP contribution is -2.15. The predicted molar refractivity (Wildman–Crippen MR) is 122 cm³/mol. The smallest absolute Gasteiger partial charge is 0.341 e. The molecule has 162 valence electrons. The Morgan fingerprint density at radius 2 is 1.81 bits per heavy atom. The zero-order chi connectivity index (χ0) is 22.2. The topological polar surface area (TPSA) is 80.7 Å². The van der Waals surface area contributed by atoms with Gasteiger partial charge in [0.05, 0.1) is 0 Å². The van der Waals surface area contributed by atoms with Gasteiger partial charge >= 0.3 is 5.97 Å². The summed E-state index contributed by atoms with van der Waals surface area (Å²) in [6.07, 6.45) is 10.7. The fourth-order valence-corrected chi connectivity index (χ4v) is 3.68. The van der Waals surface area contributed by atoms with E-state index >= 15 is 0 Å². The number of ether oxygens (including phenoxy) is 1. The van der Waals surface area contributed by atoms with Gasteiger partial charge in [-0.25, -0.2) is 4.79 Å². The molecule has 2 N–H and O–H groups in total. The highest BCUT2D eigenvalue weighted by Crippen LogP contribution is 2.31. The molecule has 0 fully saturated rings. The molecule has 0 spiro atoms. The third-order valence-corrected chi connectivity index (χ3v) is 5.19. The summed E-state index contributed by atoms with van der Waals surface area (Å²) in [6, 6.07) is 19.6. The molecule has 1 aliphatic rings. The molecule has 0 aliphatic heterocycles. The minimum atomic E-state index is -0.982. The SMILES string of the molecule is O=C(O)COc1cccc2c1CCC(C=CNOC(c1ccccc1)c1ccncc1)=C2. The maximum absolute atomic E-state index is 10.8. The Morgan fingerprint density at radius 1 is 1.03 bits per heavy atom. The Morgan fingerprint density at radius 3 is 2.59 bits per heavy atom. The highest BCUT2D eigenvalue weighted by Gasteiger charge is 2.16. The number of carbonyl (C=O) groups is 1. The second-order valence-corrected chi connectivity index (χ2v) is 7.37. The van der Waals surface area contributed by atoms with Crippen LogP contribution in [0, 0.1) is 0 Å². The molecule has 0 saturated carbocycles. The molecule has 6 nitrogen and oxygen atoms in total. The summed E-state index contributed by atoms with van der Waals surface area (Å²) in [6.45, 7) is -0.339. The highest BCUT2D eigenvalue weighted by molar-refractivity contribution is 5.69. The lowest BCUT2D eigenvalue weighted by atomic mass is 9.91. The Hall–Kier alpha value is -3.90. The van der Waals surface area contributed by atoms with Crippen molar-refractivity contribution in [1.82, 2.24) is 10.5 Å². The van der Waals surface area contributed by atoms with Gasteiger partial charge in [0.25, 0.3) is 0 Å². The molecular weight excluding hydrogens is 404 g/mol. The summed E-state index contributed by atoms with van der Waals surface area (Å²) in [7, 11) is 0. The van der Waals surface area contributed by atoms with E-state index in [9.17, 15) is 4.79 Å². The van der Waals surface area contributed by atoms with Crippen LogP contribution in [-0.2, 0) is 16.1 Å². The van der Waals surface area contributed by atoms with Crippen LogP contribution in [0.25, 0.3) is 6.08 Å². The van der Waals surface area contributed by atoms with Crippen LogP contribution in [0.1, 0.15) is 34.8 Å². The zero-order valence-electron chi connectivity index (χ0n) is 17.5. The van der Waals surface area contributed by atoms with E-state index in [1.165, 1.54) is 0 Å². The summed E-state index contributed by atoms with van der Waals surface area (Å²) in [5.41, 5.74) is 8.24. The van der Waals surface area contributed by atoms with E-state index in [1.807, 2.05) is 66.7 Å². The lowest BCUT2D eigenvalue weighted by molar-refractivity contribution is -0.139. The van der Waals surface area contributed by atoms with E-state index in [0.717, 1.165) is 40.7 Å². The van der Waals surface area contributed by atoms with Crippen LogP contribution in [0.4, 0.5) is 0 Å². The van der Waals surface area contributed by atoms with Crippen molar-refractivity contribution in [1.29, 1.82) is 0 Å². The molecular formula is C26H24N2O4. The number of pyridine rings is 1. The van der Waals surface area contributed by atoms with Crippen molar-refractivity contribution < 1.29 is 19.5 Å². The summed E-state index contributed by atoms with van der Waals surface area (Å²) >= 11 is 0. The largest absolute Gasteiger partial charge is 0.482 e. The number of aliphatic carboxylic acids is 1. The Bertz CT molecular complexity index is 1070. The monoisotopic (exact) mass is 428 g/mol. The van der Waals surface area contributed by atoms with E-state index in [0.29, 0.717) is 5.75 Å². The molecule has 0 bridgehead atoms. The van der Waals surface area contributed by atoms with E-state index in [4.69, 9.17) is 14.7 Å². The third-order valence-electron chi connectivity index (χ3n) is 5.19. The van der Waals surface area contributed by atoms with Gasteiger partial charge in [-0.15, -0.1) is 0 Å². The molecule has 6 heteroatoms. The van der Waals surface area contributed by atoms with Gasteiger partial charge < -0.3 is 9.84 Å². The standard InChI is InChI=1S/C26H24N2O4/c29-25(30)18-31-24-8-4-7-22-17-19(9-10-23(22)24)11-16-28-32-26(20-5-2-1-3-6-20)21-12-14-27-15-13-21/h1-8,11-17,26,28H,9-10,18H2,(H,29,30). The number of allylic oxidation sites excluding steroid dienone is 2. The first-order valence-electron chi connectivity index (χ1n) is 10.4. The van der Waals surface area contributed by atoms with Crippen molar-refractivity contribution in [2.45, 2.75) is 18.9 Å². The molecule has 3 aromatic rings. The number of nitrogens with zero attached hydrogens (tertiary/aromatic N) is 1. The van der Waals surface area contributed by atoms with Gasteiger partial charge in [-0.3, -0.25) is 15.3 Å². The minimum Gasteiger partial charge on any atom is -0.482 e. The van der Waals surface area contributed by atoms with Gasteiger partial charge in [0, 0.05) is 24.2 Å². The number of fused-ring (bicyclic) bond motifs is 1. The number of hydrogen-bond donors (Lipinski definition) is 2. The molecule has 1 aliphatic carbocycles. The van der Waals surface area contributed by atoms with Crippen LogP contribution in [0.2, 0.25) is 0 Å². The van der Waals surface area contributed by atoms with Crippen molar-refractivity contribution in [2.75, 3.05) is 6.61 Å². The van der Waals surface area contributed by atoms with Gasteiger partial charge in [0.1, 0.15) is 11.9 Å². The highest BCUT2D eigenvalue weighted by atomic mass is 16.7. The van der Waals surface area contributed by atoms with Gasteiger partial charge in [-0.2, -0.15) is 0 Å². The van der Waals surface area contributed by atoms with Gasteiger partial charge in [0.15, 0.2) is 6.61 Å². The summed E-state index contributed by atoms with van der Waals surface area (Å²) in [5, 5.41) is 8.86. The van der Waals surface area contributed by atoms with Crippen LogP contribution in [0.3, 0.4) is 0 Å². The number of hydrogen-bond acceptors (Lipinski definition) is 5. The molecule has 1 heterocycles. The van der Waals surface area contributed by atoms with Gasteiger partial charge in [-0.05, 0) is 59.4 Å². The fraction of sp³-hybridized carbons (Fsp3) is 0.154. The van der Waals surface area contributed by atoms with E-state index in [1.54, 1.807) is 18.6 Å². The number of aromatic nitrogens is 1. The molecule has 1 atom stereocenters. The number of carboxylic acids is 1. The molecule has 2 aromatic carbocycles. The lowest BCUT2D eigenvalue weighted by Gasteiger charge is -2.19. The molecule has 0 radical (unpaired) electrons. The average Bonchev–Trinajstić information content (AvgIpc) is 2.83. The first kappa shape index (κ1) is 21.3. The predicted octanol–water partition coefficient (Wildman–Crippen LogP) is 4.70. The van der Waals surface area contributed by atoms with Crippen molar-refractivity contribution in [3.05, 3.63) is 113 Å². The average molecular weight is 428 g/mol. The maximum atomic E-state index is 10.8. The molecule has 1 aromatic heterocycles. The zero-order valence-corrected chi connectivity index (χ0v) is 17.5. The second-order valence-electron chi connectivity index (χ2n) is 7.37. The van der Waals surface area contributed by atoms with E-state index < -0.39 is 5.97 Å². The Balaban J connectivity index is 1.43. The first-order valence-corrected chi connectivity index (χ1v) is 10.4. The van der Waals surface area contributed by atoms with Crippen LogP contribution in [0.15, 0.2) is 90.9 Å². The third kappa shape index (κ3) is 5.42. The van der Waals surface area contributed by atoms with E-state index in [2.05, 4.69) is 16.5 Å². The molecule has 0 amide bonds. The Labute approximate surface area is 186 Å². The molecule has 32 heavy (non-hydrogen) atoms. The number of hydroxylamine groups is 1. The molecule has 0 saturated heterocycles. The normalized spacial score (nSPS) is 13.8. The van der Waals surface area contributed by atoms with Crippen molar-refractivity contribution in [3.8, 4) is 5.75 Å². The summed E-state index contributed by atoms with van der Waals surface area (Å²) < 4.78 is 5.43. The summed E-state index contributed by atoms with van der Waals surface area (Å²) in [4.78, 5) is 20.9. The van der Waals surface area contributed by atoms with E-state index in [-0.39, 0.29) is 12.7 Å². The number of nitrogens with one attached hydrogen (secondary N) is 1. The second kappa shape index (κ2) is 10.4. The van der Waals surface area contributed by atoms with Gasteiger partial charge in [0.2, 0.25) is 0 Å². The molecule has 4 rings (SSSR count). The summed E-state index contributed by atoms with van der Waals surface area (Å²) in [5.74, 6) is -0.349. The van der Waals surface area contributed by atoms with Crippen molar-refractivity contribution >= 4 is 12.0 Å². The van der Waals surface area contributed by atoms with Crippen LogP contribution in [-0.4, -0.2) is 22.7 Å². The Kier molecular flexibility index (Phi) is 6.94. The van der Waals surface area contributed by atoms with Crippen LogP contribution >= 0.6 is 0 Å². The number of benzene rings is 2. The minimum absolute atomic E-state index is 0.265. The first-order chi connectivity index (χ1) is 15.7. The maximum Gasteiger partial charge on any atom is 0.341 e. The van der Waals surface area contributed by atoms with Crippen LogP contribution in [0.5, 0.6) is 5.75 Å². The van der Waals surface area contributed by atoms with Crippen molar-refractivity contribution in [3.63, 3.8) is 0 Å². The number of carboxylic acid groups (broad SMARTS) is 1. The molecule has 1 unspecified atom stereocenters.